The van der Waals surface area contributed by atoms with Crippen molar-refractivity contribution in [2.24, 2.45) is 11.7 Å². The summed E-state index contributed by atoms with van der Waals surface area (Å²) in [6.07, 6.45) is 3.97. The predicted octanol–water partition coefficient (Wildman–Crippen LogP) is 2.14. The largest absolute Gasteiger partial charge is 0.330 e. The average Bonchev–Trinajstić information content (AvgIpc) is 2.78. The minimum Gasteiger partial charge on any atom is -0.330 e. The van der Waals surface area contributed by atoms with Gasteiger partial charge in [0, 0.05) is 18.3 Å². The minimum atomic E-state index is 0.462. The van der Waals surface area contributed by atoms with Gasteiger partial charge in [-0.1, -0.05) is 37.3 Å². The van der Waals surface area contributed by atoms with E-state index in [0.29, 0.717) is 12.5 Å². The fourth-order valence-corrected chi connectivity index (χ4v) is 1.64. The summed E-state index contributed by atoms with van der Waals surface area (Å²) in [6, 6.07) is 10.3. The summed E-state index contributed by atoms with van der Waals surface area (Å²) in [5.74, 6) is 0.462. The third-order valence-corrected chi connectivity index (χ3v) is 2.64. The molecule has 0 saturated carbocycles. The monoisotopic (exact) mass is 215 g/mol. The van der Waals surface area contributed by atoms with Crippen LogP contribution in [0.1, 0.15) is 6.92 Å². The maximum atomic E-state index is 5.60. The molecule has 2 rings (SSSR count). The van der Waals surface area contributed by atoms with Crippen molar-refractivity contribution in [2.75, 3.05) is 6.54 Å². The molecule has 16 heavy (non-hydrogen) atoms. The van der Waals surface area contributed by atoms with Crippen LogP contribution < -0.4 is 5.73 Å². The van der Waals surface area contributed by atoms with E-state index in [1.54, 1.807) is 0 Å². The van der Waals surface area contributed by atoms with Crippen molar-refractivity contribution >= 4 is 0 Å². The SMILES string of the molecule is CC(CN)Cn1cc(-c2ccccc2)cn1. The summed E-state index contributed by atoms with van der Waals surface area (Å²) >= 11 is 0. The lowest BCUT2D eigenvalue weighted by Gasteiger charge is -2.07. The van der Waals surface area contributed by atoms with Crippen LogP contribution in [0.15, 0.2) is 42.7 Å². The van der Waals surface area contributed by atoms with Crippen molar-refractivity contribution in [3.05, 3.63) is 42.7 Å². The molecule has 0 radical (unpaired) electrons. The third kappa shape index (κ3) is 2.49. The summed E-state index contributed by atoms with van der Waals surface area (Å²) in [5.41, 5.74) is 7.96. The van der Waals surface area contributed by atoms with Gasteiger partial charge in [0.05, 0.1) is 6.20 Å². The molecule has 2 aromatic rings. The Morgan fingerprint density at radius 1 is 1.25 bits per heavy atom. The molecular formula is C13H17N3. The summed E-state index contributed by atoms with van der Waals surface area (Å²) in [4.78, 5) is 0. The Bertz CT molecular complexity index is 433. The molecule has 0 spiro atoms. The zero-order chi connectivity index (χ0) is 11.4. The van der Waals surface area contributed by atoms with Gasteiger partial charge in [0.15, 0.2) is 0 Å². The molecular weight excluding hydrogens is 198 g/mol. The second-order valence-electron chi connectivity index (χ2n) is 4.16. The number of hydrogen-bond donors (Lipinski definition) is 1. The van der Waals surface area contributed by atoms with Gasteiger partial charge in [0.2, 0.25) is 0 Å². The van der Waals surface area contributed by atoms with Gasteiger partial charge < -0.3 is 5.73 Å². The van der Waals surface area contributed by atoms with Gasteiger partial charge >= 0.3 is 0 Å². The first-order chi connectivity index (χ1) is 7.79. The van der Waals surface area contributed by atoms with Gasteiger partial charge in [-0.05, 0) is 18.0 Å². The zero-order valence-corrected chi connectivity index (χ0v) is 9.50. The summed E-state index contributed by atoms with van der Waals surface area (Å²) in [5, 5.41) is 4.34. The highest BCUT2D eigenvalue weighted by atomic mass is 15.3. The standard InChI is InChI=1S/C13H17N3/c1-11(7-14)9-16-10-13(8-15-16)12-5-3-2-4-6-12/h2-6,8,10-11H,7,9,14H2,1H3. The molecule has 1 unspecified atom stereocenters. The van der Waals surface area contributed by atoms with Crippen molar-refractivity contribution in [1.29, 1.82) is 0 Å². The Hall–Kier alpha value is -1.61. The molecule has 3 nitrogen and oxygen atoms in total. The maximum Gasteiger partial charge on any atom is 0.0568 e. The smallest absolute Gasteiger partial charge is 0.0568 e. The van der Waals surface area contributed by atoms with E-state index < -0.39 is 0 Å². The van der Waals surface area contributed by atoms with Crippen LogP contribution >= 0.6 is 0 Å². The van der Waals surface area contributed by atoms with E-state index in [-0.39, 0.29) is 0 Å². The Kier molecular flexibility index (Phi) is 3.37. The van der Waals surface area contributed by atoms with Crippen molar-refractivity contribution in [2.45, 2.75) is 13.5 Å². The average molecular weight is 215 g/mol. The number of nitrogens with zero attached hydrogens (tertiary/aromatic N) is 2. The zero-order valence-electron chi connectivity index (χ0n) is 9.50. The topological polar surface area (TPSA) is 43.8 Å². The van der Waals surface area contributed by atoms with Crippen LogP contribution in [0.5, 0.6) is 0 Å². The number of benzene rings is 1. The molecule has 0 aliphatic heterocycles. The normalized spacial score (nSPS) is 12.6. The molecule has 1 aromatic heterocycles. The van der Waals surface area contributed by atoms with Crippen LogP contribution in [0, 0.1) is 5.92 Å². The number of aromatic nitrogens is 2. The molecule has 84 valence electrons. The van der Waals surface area contributed by atoms with Crippen LogP contribution in [0.4, 0.5) is 0 Å². The fourth-order valence-electron chi connectivity index (χ4n) is 1.64. The minimum absolute atomic E-state index is 0.462. The van der Waals surface area contributed by atoms with Gasteiger partial charge in [0.1, 0.15) is 0 Å². The Morgan fingerprint density at radius 3 is 2.69 bits per heavy atom. The molecule has 0 fully saturated rings. The summed E-state index contributed by atoms with van der Waals surface area (Å²) in [7, 11) is 0. The van der Waals surface area contributed by atoms with Gasteiger partial charge in [-0.15, -0.1) is 0 Å². The van der Waals surface area contributed by atoms with Crippen LogP contribution in [0.2, 0.25) is 0 Å². The summed E-state index contributed by atoms with van der Waals surface area (Å²) in [6.45, 7) is 3.70. The Balaban J connectivity index is 2.14. The van der Waals surface area contributed by atoms with Gasteiger partial charge in [0.25, 0.3) is 0 Å². The first-order valence-corrected chi connectivity index (χ1v) is 5.57. The molecule has 0 aliphatic carbocycles. The molecule has 0 bridgehead atoms. The molecule has 0 saturated heterocycles. The van der Waals surface area contributed by atoms with Gasteiger partial charge in [-0.2, -0.15) is 5.10 Å². The highest BCUT2D eigenvalue weighted by Crippen LogP contribution is 2.17. The van der Waals surface area contributed by atoms with E-state index in [0.717, 1.165) is 12.1 Å². The number of nitrogens with two attached hydrogens (primary N) is 1. The summed E-state index contributed by atoms with van der Waals surface area (Å²) < 4.78 is 1.96. The Morgan fingerprint density at radius 2 is 2.00 bits per heavy atom. The molecule has 0 amide bonds. The molecule has 1 atom stereocenters. The highest BCUT2D eigenvalue weighted by molar-refractivity contribution is 5.61. The first kappa shape index (κ1) is 10.9. The van der Waals surface area contributed by atoms with E-state index in [2.05, 4.69) is 30.4 Å². The van der Waals surface area contributed by atoms with Crippen molar-refractivity contribution < 1.29 is 0 Å². The lowest BCUT2D eigenvalue weighted by molar-refractivity contribution is 0.458. The van der Waals surface area contributed by atoms with E-state index in [9.17, 15) is 0 Å². The van der Waals surface area contributed by atoms with Crippen molar-refractivity contribution in [1.82, 2.24) is 9.78 Å². The lowest BCUT2D eigenvalue weighted by Crippen LogP contribution is -2.17. The van der Waals surface area contributed by atoms with Crippen LogP contribution in [-0.2, 0) is 6.54 Å². The van der Waals surface area contributed by atoms with E-state index in [1.807, 2.05) is 29.1 Å². The lowest BCUT2D eigenvalue weighted by atomic mass is 10.1. The molecule has 1 heterocycles. The molecule has 2 N–H and O–H groups in total. The van der Waals surface area contributed by atoms with Gasteiger partial charge in [-0.25, -0.2) is 0 Å². The molecule has 3 heteroatoms. The third-order valence-electron chi connectivity index (χ3n) is 2.64. The fraction of sp³-hybridized carbons (Fsp3) is 0.308. The number of hydrogen-bond acceptors (Lipinski definition) is 2. The van der Waals surface area contributed by atoms with Gasteiger partial charge in [-0.3, -0.25) is 4.68 Å². The number of rotatable bonds is 4. The van der Waals surface area contributed by atoms with Crippen LogP contribution in [0.3, 0.4) is 0 Å². The van der Waals surface area contributed by atoms with E-state index in [4.69, 9.17) is 5.73 Å². The van der Waals surface area contributed by atoms with Crippen molar-refractivity contribution in [3.63, 3.8) is 0 Å². The maximum absolute atomic E-state index is 5.60. The van der Waals surface area contributed by atoms with Crippen molar-refractivity contribution in [3.8, 4) is 11.1 Å². The quantitative estimate of drug-likeness (QED) is 0.849. The second kappa shape index (κ2) is 4.94. The molecule has 1 aromatic carbocycles. The highest BCUT2D eigenvalue weighted by Gasteiger charge is 2.04. The van der Waals surface area contributed by atoms with E-state index >= 15 is 0 Å². The van der Waals surface area contributed by atoms with Crippen LogP contribution in [-0.4, -0.2) is 16.3 Å². The van der Waals surface area contributed by atoms with E-state index in [1.165, 1.54) is 5.56 Å². The predicted molar refractivity (Wildman–Crippen MR) is 65.9 cm³/mol. The molecule has 0 aliphatic rings. The van der Waals surface area contributed by atoms with Crippen LogP contribution in [0.25, 0.3) is 11.1 Å². The second-order valence-corrected chi connectivity index (χ2v) is 4.16. The first-order valence-electron chi connectivity index (χ1n) is 5.57. The Labute approximate surface area is 95.9 Å².